The molecule has 3 aromatic rings. The molecule has 0 bridgehead atoms. The van der Waals surface area contributed by atoms with E-state index >= 15 is 0 Å². The lowest BCUT2D eigenvalue weighted by molar-refractivity contribution is -0.123. The molecule has 1 atom stereocenters. The number of fused-ring (bicyclic) bond motifs is 2. The van der Waals surface area contributed by atoms with E-state index in [4.69, 9.17) is 0 Å². The first-order chi connectivity index (χ1) is 15.5. The van der Waals surface area contributed by atoms with E-state index in [9.17, 15) is 19.2 Å². The molecule has 32 heavy (non-hydrogen) atoms. The van der Waals surface area contributed by atoms with Crippen molar-refractivity contribution < 1.29 is 14.0 Å². The Morgan fingerprint density at radius 1 is 1.09 bits per heavy atom. The largest absolute Gasteiger partial charge is 0.311 e. The number of rotatable bonds is 3. The Balaban J connectivity index is 1.57. The smallest absolute Gasteiger partial charge is 0.268 e. The first-order valence-electron chi connectivity index (χ1n) is 10.2. The third kappa shape index (κ3) is 3.07. The molecule has 0 radical (unpaired) electrons. The van der Waals surface area contributed by atoms with Crippen molar-refractivity contribution in [3.8, 4) is 6.07 Å². The van der Waals surface area contributed by atoms with Gasteiger partial charge in [-0.05, 0) is 42.0 Å². The number of carbonyl (C=O) groups excluding carboxylic acids is 2. The second kappa shape index (κ2) is 7.81. The van der Waals surface area contributed by atoms with Crippen LogP contribution < -0.4 is 4.90 Å². The molecule has 2 aliphatic heterocycles. The fourth-order valence-electron chi connectivity index (χ4n) is 4.42. The van der Waals surface area contributed by atoms with Gasteiger partial charge in [0.1, 0.15) is 5.82 Å². The highest BCUT2D eigenvalue weighted by Gasteiger charge is 2.59. The predicted molar refractivity (Wildman–Crippen MR) is 120 cm³/mol. The number of hydrogen-bond acceptors (Lipinski definition) is 4. The van der Waals surface area contributed by atoms with Crippen molar-refractivity contribution in [3.05, 3.63) is 101 Å². The van der Waals surface area contributed by atoms with E-state index in [0.717, 1.165) is 16.8 Å². The van der Waals surface area contributed by atoms with Crippen LogP contribution in [0.1, 0.15) is 27.0 Å². The molecule has 0 unspecified atom stereocenters. The summed E-state index contributed by atoms with van der Waals surface area (Å²) in [7, 11) is 0. The number of nitriles is 1. The number of thioether (sulfide) groups is 1. The topological polar surface area (TPSA) is 64.4 Å². The third-order valence-electron chi connectivity index (χ3n) is 5.81. The first-order valence-corrected chi connectivity index (χ1v) is 11.1. The van der Waals surface area contributed by atoms with E-state index in [1.165, 1.54) is 30.0 Å². The highest BCUT2D eigenvalue weighted by atomic mass is 32.2. The normalized spacial score (nSPS) is 19.3. The quantitative estimate of drug-likeness (QED) is 0.606. The van der Waals surface area contributed by atoms with Gasteiger partial charge in [-0.25, -0.2) is 4.39 Å². The monoisotopic (exact) mass is 443 g/mol. The van der Waals surface area contributed by atoms with Crippen molar-refractivity contribution in [2.24, 2.45) is 0 Å². The average Bonchev–Trinajstić information content (AvgIpc) is 3.36. The molecule has 0 aliphatic carbocycles. The maximum absolute atomic E-state index is 13.9. The van der Waals surface area contributed by atoms with Gasteiger partial charge in [0.05, 0.1) is 23.9 Å². The third-order valence-corrected chi connectivity index (χ3v) is 7.23. The van der Waals surface area contributed by atoms with Gasteiger partial charge < -0.3 is 9.80 Å². The Morgan fingerprint density at radius 3 is 2.72 bits per heavy atom. The van der Waals surface area contributed by atoms with Crippen LogP contribution >= 0.6 is 11.8 Å². The number of hydrogen-bond donors (Lipinski definition) is 0. The minimum absolute atomic E-state index is 0.201. The first kappa shape index (κ1) is 20.3. The molecular weight excluding hydrogens is 425 g/mol. The number of benzene rings is 3. The van der Waals surface area contributed by atoms with Gasteiger partial charge in [-0.3, -0.25) is 9.59 Å². The van der Waals surface area contributed by atoms with Crippen LogP contribution in [0.5, 0.6) is 0 Å². The summed E-state index contributed by atoms with van der Waals surface area (Å²) in [5.74, 6) is -0.466. The lowest BCUT2D eigenvalue weighted by atomic mass is 10.0. The molecule has 0 saturated carbocycles. The molecule has 0 N–H and O–H groups in total. The minimum atomic E-state index is -1.19. The van der Waals surface area contributed by atoms with Gasteiger partial charge >= 0.3 is 0 Å². The van der Waals surface area contributed by atoms with E-state index in [2.05, 4.69) is 6.07 Å². The van der Waals surface area contributed by atoms with Gasteiger partial charge in [0.2, 0.25) is 0 Å². The maximum atomic E-state index is 13.9. The van der Waals surface area contributed by atoms with Crippen molar-refractivity contribution in [2.75, 3.05) is 17.2 Å². The lowest BCUT2D eigenvalue weighted by Crippen LogP contribution is -2.50. The van der Waals surface area contributed by atoms with Gasteiger partial charge in [-0.15, -0.1) is 11.8 Å². The number of anilines is 1. The predicted octanol–water partition coefficient (Wildman–Crippen LogP) is 4.29. The molecule has 1 saturated heterocycles. The number of carbonyl (C=O) groups is 2. The fraction of sp³-hybridized carbons (Fsp3) is 0.160. The van der Waals surface area contributed by atoms with Crippen LogP contribution in [0.3, 0.4) is 0 Å². The summed E-state index contributed by atoms with van der Waals surface area (Å²) >= 11 is 1.43. The average molecular weight is 444 g/mol. The Kier molecular flexibility index (Phi) is 4.95. The number of amides is 2. The zero-order chi connectivity index (χ0) is 22.3. The molecule has 2 aliphatic rings. The van der Waals surface area contributed by atoms with E-state index in [1.54, 1.807) is 34.1 Å². The second-order valence-electron chi connectivity index (χ2n) is 7.68. The Bertz CT molecular complexity index is 1290. The summed E-state index contributed by atoms with van der Waals surface area (Å²) in [4.78, 5) is 29.4. The fourth-order valence-corrected chi connectivity index (χ4v) is 5.89. The van der Waals surface area contributed by atoms with E-state index in [-0.39, 0.29) is 23.9 Å². The summed E-state index contributed by atoms with van der Waals surface area (Å²) in [6.07, 6.45) is 0. The van der Waals surface area contributed by atoms with Crippen LogP contribution in [0.2, 0.25) is 0 Å². The standard InChI is InChI=1S/C25H18FN3O2S/c26-20-8-4-7-19(14-20)23(30)29-11-12-32-25(29)21-9-1-2-10-22(21)28(24(25)31)16-18-6-3-5-17(13-18)15-27/h1-10,13-14H,11-12,16H2/t25-/m0/s1. The van der Waals surface area contributed by atoms with Crippen LogP contribution in [-0.2, 0) is 16.2 Å². The van der Waals surface area contributed by atoms with Crippen LogP contribution in [0.25, 0.3) is 0 Å². The number of halogens is 1. The molecule has 2 amide bonds. The van der Waals surface area contributed by atoms with Crippen LogP contribution in [-0.4, -0.2) is 29.0 Å². The molecule has 7 heteroatoms. The summed E-state index contributed by atoms with van der Waals surface area (Å²) in [5, 5.41) is 9.22. The van der Waals surface area contributed by atoms with Gasteiger partial charge in [0.25, 0.3) is 11.8 Å². The maximum Gasteiger partial charge on any atom is 0.268 e. The molecule has 2 heterocycles. The van der Waals surface area contributed by atoms with E-state index < -0.39 is 10.7 Å². The number of para-hydroxylation sites is 1. The molecule has 3 aromatic carbocycles. The van der Waals surface area contributed by atoms with Crippen molar-refractivity contribution >= 4 is 29.3 Å². The minimum Gasteiger partial charge on any atom is -0.311 e. The van der Waals surface area contributed by atoms with Crippen molar-refractivity contribution in [3.63, 3.8) is 0 Å². The van der Waals surface area contributed by atoms with Crippen LogP contribution in [0.4, 0.5) is 10.1 Å². The molecule has 5 nitrogen and oxygen atoms in total. The van der Waals surface area contributed by atoms with E-state index in [0.29, 0.717) is 17.9 Å². The SMILES string of the molecule is N#Cc1cccc(CN2C(=O)[C@@]3(SCCN3C(=O)c3cccc(F)c3)c3ccccc32)c1. The van der Waals surface area contributed by atoms with Crippen LogP contribution in [0, 0.1) is 17.1 Å². The summed E-state index contributed by atoms with van der Waals surface area (Å²) < 4.78 is 13.8. The summed E-state index contributed by atoms with van der Waals surface area (Å²) in [6, 6.07) is 22.3. The Labute approximate surface area is 189 Å². The number of nitrogens with zero attached hydrogens (tertiary/aromatic N) is 3. The molecule has 1 fully saturated rings. The molecule has 5 rings (SSSR count). The van der Waals surface area contributed by atoms with E-state index in [1.807, 2.05) is 30.3 Å². The molecule has 1 spiro atoms. The van der Waals surface area contributed by atoms with Gasteiger partial charge in [-0.1, -0.05) is 36.4 Å². The summed E-state index contributed by atoms with van der Waals surface area (Å²) in [6.45, 7) is 0.674. The van der Waals surface area contributed by atoms with Crippen LogP contribution in [0.15, 0.2) is 72.8 Å². The lowest BCUT2D eigenvalue weighted by Gasteiger charge is -2.33. The Morgan fingerprint density at radius 2 is 1.91 bits per heavy atom. The highest BCUT2D eigenvalue weighted by molar-refractivity contribution is 8.01. The highest BCUT2D eigenvalue weighted by Crippen LogP contribution is 2.54. The Hall–Kier alpha value is -3.63. The second-order valence-corrected chi connectivity index (χ2v) is 8.97. The van der Waals surface area contributed by atoms with Gasteiger partial charge in [0.15, 0.2) is 4.87 Å². The zero-order valence-electron chi connectivity index (χ0n) is 17.0. The van der Waals surface area contributed by atoms with Crippen molar-refractivity contribution in [2.45, 2.75) is 11.4 Å². The molecular formula is C25H18FN3O2S. The van der Waals surface area contributed by atoms with Gasteiger partial charge in [-0.2, -0.15) is 5.26 Å². The van der Waals surface area contributed by atoms with Gasteiger partial charge in [0, 0.05) is 23.4 Å². The van der Waals surface area contributed by atoms with Crippen molar-refractivity contribution in [1.82, 2.24) is 4.90 Å². The zero-order valence-corrected chi connectivity index (χ0v) is 17.8. The molecule has 158 valence electrons. The molecule has 0 aromatic heterocycles. The summed E-state index contributed by atoms with van der Waals surface area (Å²) in [5.41, 5.74) is 3.07. The van der Waals surface area contributed by atoms with Crippen molar-refractivity contribution in [1.29, 1.82) is 5.26 Å².